The first-order valence-corrected chi connectivity index (χ1v) is 8.61. The summed E-state index contributed by atoms with van der Waals surface area (Å²) in [6, 6.07) is 3.85. The number of aliphatic hydroxyl groups excluding tert-OH is 1. The average molecular weight is 346 g/mol. The molecule has 0 fully saturated rings. The summed E-state index contributed by atoms with van der Waals surface area (Å²) >= 11 is 0. The van der Waals surface area contributed by atoms with Crippen LogP contribution in [0.1, 0.15) is 23.2 Å². The highest BCUT2D eigenvalue weighted by molar-refractivity contribution is 7.89. The van der Waals surface area contributed by atoms with Crippen molar-refractivity contribution in [2.24, 2.45) is 0 Å². The van der Waals surface area contributed by atoms with Gasteiger partial charge in [0, 0.05) is 33.4 Å². The lowest BCUT2D eigenvalue weighted by Crippen LogP contribution is -2.27. The topological polar surface area (TPSA) is 125 Å². The summed E-state index contributed by atoms with van der Waals surface area (Å²) in [5, 5.41) is 20.7. The van der Waals surface area contributed by atoms with Gasteiger partial charge in [-0.05, 0) is 31.0 Å². The number of hydrogen-bond donors (Lipinski definition) is 4. The molecule has 0 aliphatic carbocycles. The number of nitrogens with one attached hydrogen (secondary N) is 2. The van der Waals surface area contributed by atoms with Gasteiger partial charge in [0.05, 0.1) is 11.3 Å². The van der Waals surface area contributed by atoms with Crippen molar-refractivity contribution in [3.8, 4) is 0 Å². The number of methoxy groups -OCH3 is 1. The summed E-state index contributed by atoms with van der Waals surface area (Å²) in [6.45, 7) is 0.940. The van der Waals surface area contributed by atoms with Crippen LogP contribution in [0.15, 0.2) is 23.1 Å². The Balaban J connectivity index is 3.02. The number of hydrogen-bond acceptors (Lipinski definition) is 6. The van der Waals surface area contributed by atoms with Gasteiger partial charge in [0.1, 0.15) is 4.90 Å². The molecule has 1 aromatic rings. The standard InChI is InChI=1S/C14H22N2O6S/c1-22-9-3-7-16-23(20,21)13-10-11(14(18)19)4-5-12(13)15-6-2-8-17/h4-5,10,15-17H,2-3,6-9H2,1H3,(H,18,19). The van der Waals surface area contributed by atoms with Gasteiger partial charge < -0.3 is 20.3 Å². The molecule has 130 valence electrons. The molecule has 0 aromatic heterocycles. The minimum atomic E-state index is -3.86. The van der Waals surface area contributed by atoms with Crippen LogP contribution in [-0.4, -0.2) is 58.0 Å². The Bertz CT molecular complexity index is 618. The smallest absolute Gasteiger partial charge is 0.335 e. The molecule has 1 aromatic carbocycles. The van der Waals surface area contributed by atoms with E-state index in [0.717, 1.165) is 6.07 Å². The maximum atomic E-state index is 12.4. The molecule has 0 heterocycles. The van der Waals surface area contributed by atoms with Gasteiger partial charge in [-0.3, -0.25) is 0 Å². The van der Waals surface area contributed by atoms with Gasteiger partial charge in [-0.15, -0.1) is 0 Å². The maximum Gasteiger partial charge on any atom is 0.335 e. The van der Waals surface area contributed by atoms with Gasteiger partial charge in [0.2, 0.25) is 10.0 Å². The summed E-state index contributed by atoms with van der Waals surface area (Å²) in [5.74, 6) is -1.21. The molecule has 23 heavy (non-hydrogen) atoms. The Kier molecular flexibility index (Phi) is 7.96. The Morgan fingerprint density at radius 2 is 2.00 bits per heavy atom. The number of carboxylic acid groups (broad SMARTS) is 1. The number of aromatic carboxylic acids is 1. The quantitative estimate of drug-likeness (QED) is 0.430. The molecule has 0 amide bonds. The second-order valence-electron chi connectivity index (χ2n) is 4.76. The van der Waals surface area contributed by atoms with E-state index in [2.05, 4.69) is 10.0 Å². The molecule has 0 aliphatic rings. The predicted molar refractivity (Wildman–Crippen MR) is 85.3 cm³/mol. The van der Waals surface area contributed by atoms with E-state index in [-0.39, 0.29) is 23.6 Å². The SMILES string of the molecule is COCCCNS(=O)(=O)c1cc(C(=O)O)ccc1NCCCO. The summed E-state index contributed by atoms with van der Waals surface area (Å²) in [6.07, 6.45) is 0.947. The highest BCUT2D eigenvalue weighted by atomic mass is 32.2. The van der Waals surface area contributed by atoms with Crippen LogP contribution in [0, 0.1) is 0 Å². The molecular formula is C14H22N2O6S. The largest absolute Gasteiger partial charge is 0.478 e. The van der Waals surface area contributed by atoms with Crippen molar-refractivity contribution in [3.63, 3.8) is 0 Å². The number of carboxylic acids is 1. The van der Waals surface area contributed by atoms with E-state index in [1.807, 2.05) is 0 Å². The van der Waals surface area contributed by atoms with Gasteiger partial charge in [-0.1, -0.05) is 0 Å². The van der Waals surface area contributed by atoms with Gasteiger partial charge in [-0.2, -0.15) is 0 Å². The zero-order valence-electron chi connectivity index (χ0n) is 12.9. The second kappa shape index (κ2) is 9.46. The zero-order chi connectivity index (χ0) is 17.3. The third kappa shape index (κ3) is 6.14. The first-order chi connectivity index (χ1) is 10.9. The van der Waals surface area contributed by atoms with E-state index in [1.54, 1.807) is 0 Å². The lowest BCUT2D eigenvalue weighted by molar-refractivity contribution is 0.0696. The van der Waals surface area contributed by atoms with Gasteiger partial charge in [-0.25, -0.2) is 17.9 Å². The normalized spacial score (nSPS) is 11.4. The molecule has 0 saturated heterocycles. The van der Waals surface area contributed by atoms with Crippen LogP contribution in [0.3, 0.4) is 0 Å². The minimum Gasteiger partial charge on any atom is -0.478 e. The van der Waals surface area contributed by atoms with Crippen molar-refractivity contribution in [1.82, 2.24) is 4.72 Å². The number of sulfonamides is 1. The van der Waals surface area contributed by atoms with Crippen molar-refractivity contribution in [1.29, 1.82) is 0 Å². The number of rotatable bonds is 11. The Morgan fingerprint density at radius 3 is 2.61 bits per heavy atom. The summed E-state index contributed by atoms with van der Waals surface area (Å²) in [7, 11) is -2.34. The first-order valence-electron chi connectivity index (χ1n) is 7.13. The molecule has 8 nitrogen and oxygen atoms in total. The van der Waals surface area contributed by atoms with Gasteiger partial charge in [0.15, 0.2) is 0 Å². The fraction of sp³-hybridized carbons (Fsp3) is 0.500. The van der Waals surface area contributed by atoms with E-state index in [0.29, 0.717) is 31.7 Å². The van der Waals surface area contributed by atoms with Gasteiger partial charge >= 0.3 is 5.97 Å². The van der Waals surface area contributed by atoms with Crippen LogP contribution >= 0.6 is 0 Å². The average Bonchev–Trinajstić information content (AvgIpc) is 2.52. The van der Waals surface area contributed by atoms with E-state index >= 15 is 0 Å². The molecule has 0 radical (unpaired) electrons. The Hall–Kier alpha value is -1.68. The van der Waals surface area contributed by atoms with Crippen molar-refractivity contribution >= 4 is 21.7 Å². The van der Waals surface area contributed by atoms with Crippen LogP contribution in [0.5, 0.6) is 0 Å². The van der Waals surface area contributed by atoms with E-state index in [9.17, 15) is 13.2 Å². The Labute approximate surface area is 135 Å². The molecule has 0 spiro atoms. The highest BCUT2D eigenvalue weighted by Gasteiger charge is 2.20. The third-order valence-corrected chi connectivity index (χ3v) is 4.49. The van der Waals surface area contributed by atoms with Crippen LogP contribution in [-0.2, 0) is 14.8 Å². The van der Waals surface area contributed by atoms with Crippen LogP contribution < -0.4 is 10.0 Å². The maximum absolute atomic E-state index is 12.4. The lowest BCUT2D eigenvalue weighted by Gasteiger charge is -2.14. The fourth-order valence-electron chi connectivity index (χ4n) is 1.83. The van der Waals surface area contributed by atoms with Crippen molar-refractivity contribution < 1.29 is 28.2 Å². The fourth-order valence-corrected chi connectivity index (χ4v) is 3.11. The summed E-state index contributed by atoms with van der Waals surface area (Å²) in [5.41, 5.74) is 0.178. The van der Waals surface area contributed by atoms with Crippen molar-refractivity contribution in [2.45, 2.75) is 17.7 Å². The minimum absolute atomic E-state index is 0.0302. The molecule has 1 rings (SSSR count). The summed E-state index contributed by atoms with van der Waals surface area (Å²) < 4.78 is 32.0. The predicted octanol–water partition coefficient (Wildman–Crippen LogP) is 0.494. The molecule has 4 N–H and O–H groups in total. The number of ether oxygens (including phenoxy) is 1. The van der Waals surface area contributed by atoms with Crippen molar-refractivity contribution in [2.75, 3.05) is 38.7 Å². The molecule has 0 atom stereocenters. The van der Waals surface area contributed by atoms with E-state index in [4.69, 9.17) is 14.9 Å². The highest BCUT2D eigenvalue weighted by Crippen LogP contribution is 2.23. The first kappa shape index (κ1) is 19.4. The number of benzene rings is 1. The van der Waals surface area contributed by atoms with Crippen LogP contribution in [0.4, 0.5) is 5.69 Å². The molecule has 9 heteroatoms. The third-order valence-electron chi connectivity index (χ3n) is 2.99. The zero-order valence-corrected chi connectivity index (χ0v) is 13.7. The van der Waals surface area contributed by atoms with Gasteiger partial charge in [0.25, 0.3) is 0 Å². The monoisotopic (exact) mass is 346 g/mol. The Morgan fingerprint density at radius 1 is 1.26 bits per heavy atom. The number of carbonyl (C=O) groups is 1. The number of aliphatic hydroxyl groups is 1. The molecule has 0 aliphatic heterocycles. The number of anilines is 1. The molecule has 0 unspecified atom stereocenters. The lowest BCUT2D eigenvalue weighted by atomic mass is 10.2. The second-order valence-corrected chi connectivity index (χ2v) is 6.50. The summed E-state index contributed by atoms with van der Waals surface area (Å²) in [4.78, 5) is 10.9. The van der Waals surface area contributed by atoms with E-state index < -0.39 is 16.0 Å². The van der Waals surface area contributed by atoms with Crippen LogP contribution in [0.2, 0.25) is 0 Å². The molecule has 0 bridgehead atoms. The van der Waals surface area contributed by atoms with Crippen LogP contribution in [0.25, 0.3) is 0 Å². The molecule has 0 saturated carbocycles. The van der Waals surface area contributed by atoms with Crippen molar-refractivity contribution in [3.05, 3.63) is 23.8 Å². The molecular weight excluding hydrogens is 324 g/mol. The van der Waals surface area contributed by atoms with E-state index in [1.165, 1.54) is 19.2 Å².